The van der Waals surface area contributed by atoms with Gasteiger partial charge in [-0.25, -0.2) is 13.8 Å². The molecule has 0 radical (unpaired) electrons. The minimum atomic E-state index is -0.766. The zero-order valence-corrected chi connectivity index (χ0v) is 21.8. The maximum absolute atomic E-state index is 14.9. The maximum atomic E-state index is 14.9. The van der Waals surface area contributed by atoms with Crippen molar-refractivity contribution in [1.29, 1.82) is 5.26 Å². The lowest BCUT2D eigenvalue weighted by molar-refractivity contribution is 0.324. The van der Waals surface area contributed by atoms with Gasteiger partial charge in [-0.3, -0.25) is 0 Å². The number of aromatic nitrogens is 2. The molecule has 2 heterocycles. The standard InChI is InChI=1S/C29H28F2N4O3/c1-17(2)33-16-20-7-6-10-35(20)29-23(15-32)22(14-25(34-29)21-9-8-19(30)13-24(21)31)18-11-26(36-3)28(38-5)27(12-18)37-4/h6-14,17,33H,16H2,1-5H3. The van der Waals surface area contributed by atoms with Gasteiger partial charge in [0, 0.05) is 41.7 Å². The minimum Gasteiger partial charge on any atom is -0.493 e. The van der Waals surface area contributed by atoms with E-state index < -0.39 is 11.6 Å². The number of methoxy groups -OCH3 is 3. The van der Waals surface area contributed by atoms with Gasteiger partial charge in [-0.15, -0.1) is 0 Å². The Bertz CT molecular complexity index is 1480. The molecular weight excluding hydrogens is 490 g/mol. The number of nitrogens with zero attached hydrogens (tertiary/aromatic N) is 3. The van der Waals surface area contributed by atoms with Crippen molar-refractivity contribution in [2.24, 2.45) is 0 Å². The van der Waals surface area contributed by atoms with Crippen LogP contribution in [0.3, 0.4) is 0 Å². The van der Waals surface area contributed by atoms with E-state index in [-0.39, 0.29) is 22.9 Å². The predicted molar refractivity (Wildman–Crippen MR) is 141 cm³/mol. The smallest absolute Gasteiger partial charge is 0.203 e. The Labute approximate surface area is 220 Å². The van der Waals surface area contributed by atoms with E-state index in [1.165, 1.54) is 33.5 Å². The highest BCUT2D eigenvalue weighted by Crippen LogP contribution is 2.43. The molecule has 196 valence electrons. The highest BCUT2D eigenvalue weighted by molar-refractivity contribution is 5.81. The number of nitriles is 1. The molecule has 0 fully saturated rings. The Balaban J connectivity index is 2.04. The van der Waals surface area contributed by atoms with Crippen molar-refractivity contribution in [3.63, 3.8) is 0 Å². The summed E-state index contributed by atoms with van der Waals surface area (Å²) in [4.78, 5) is 4.70. The summed E-state index contributed by atoms with van der Waals surface area (Å²) in [6, 6.07) is 14.6. The Kier molecular flexibility index (Phi) is 7.93. The number of nitrogens with one attached hydrogen (secondary N) is 1. The van der Waals surface area contributed by atoms with Gasteiger partial charge in [0.1, 0.15) is 23.3 Å². The van der Waals surface area contributed by atoms with Crippen molar-refractivity contribution >= 4 is 0 Å². The summed E-state index contributed by atoms with van der Waals surface area (Å²) in [5.41, 5.74) is 2.48. The number of hydrogen-bond donors (Lipinski definition) is 1. The molecule has 0 aliphatic rings. The zero-order chi connectivity index (χ0) is 27.4. The molecule has 0 atom stereocenters. The van der Waals surface area contributed by atoms with Crippen LogP contribution in [0.5, 0.6) is 17.2 Å². The van der Waals surface area contributed by atoms with Crippen LogP contribution in [0.15, 0.2) is 54.7 Å². The normalized spacial score (nSPS) is 10.9. The van der Waals surface area contributed by atoms with Crippen LogP contribution >= 0.6 is 0 Å². The number of halogens is 2. The van der Waals surface area contributed by atoms with Crippen LogP contribution in [0.2, 0.25) is 0 Å². The molecule has 9 heteroatoms. The van der Waals surface area contributed by atoms with Crippen LogP contribution in [0.25, 0.3) is 28.2 Å². The Morgan fingerprint density at radius 2 is 1.68 bits per heavy atom. The molecule has 7 nitrogen and oxygen atoms in total. The van der Waals surface area contributed by atoms with Crippen molar-refractivity contribution in [3.8, 4) is 51.5 Å². The Morgan fingerprint density at radius 1 is 0.974 bits per heavy atom. The van der Waals surface area contributed by atoms with Gasteiger partial charge in [0.25, 0.3) is 0 Å². The van der Waals surface area contributed by atoms with Crippen LogP contribution in [0.4, 0.5) is 8.78 Å². The lowest BCUT2D eigenvalue weighted by Gasteiger charge is -2.18. The summed E-state index contributed by atoms with van der Waals surface area (Å²) < 4.78 is 46.9. The zero-order valence-electron chi connectivity index (χ0n) is 21.8. The fraction of sp³-hybridized carbons (Fsp3) is 0.241. The highest BCUT2D eigenvalue weighted by Gasteiger charge is 2.22. The van der Waals surface area contributed by atoms with Gasteiger partial charge in [-0.1, -0.05) is 13.8 Å². The number of benzene rings is 2. The van der Waals surface area contributed by atoms with E-state index in [1.807, 2.05) is 26.0 Å². The van der Waals surface area contributed by atoms with Crippen LogP contribution in [0, 0.1) is 23.0 Å². The Morgan fingerprint density at radius 3 is 2.26 bits per heavy atom. The SMILES string of the molecule is COc1cc(-c2cc(-c3ccc(F)cc3F)nc(-n3cccc3CNC(C)C)c2C#N)cc(OC)c1OC. The highest BCUT2D eigenvalue weighted by atomic mass is 19.1. The van der Waals surface area contributed by atoms with Gasteiger partial charge in [0.05, 0.1) is 27.0 Å². The lowest BCUT2D eigenvalue weighted by Crippen LogP contribution is -2.23. The van der Waals surface area contributed by atoms with E-state index in [0.29, 0.717) is 40.7 Å². The monoisotopic (exact) mass is 518 g/mol. The van der Waals surface area contributed by atoms with Gasteiger partial charge in [-0.05, 0) is 48.0 Å². The van der Waals surface area contributed by atoms with E-state index in [2.05, 4.69) is 11.4 Å². The minimum absolute atomic E-state index is 0.0971. The lowest BCUT2D eigenvalue weighted by atomic mass is 9.97. The van der Waals surface area contributed by atoms with Crippen molar-refractivity contribution in [3.05, 3.63) is 77.6 Å². The molecule has 0 bridgehead atoms. The van der Waals surface area contributed by atoms with Crippen LogP contribution in [-0.2, 0) is 6.54 Å². The largest absolute Gasteiger partial charge is 0.493 e. The second-order valence-electron chi connectivity index (χ2n) is 8.81. The molecule has 4 aromatic rings. The van der Waals surface area contributed by atoms with Crippen molar-refractivity contribution in [2.45, 2.75) is 26.4 Å². The van der Waals surface area contributed by atoms with Crippen molar-refractivity contribution < 1.29 is 23.0 Å². The second-order valence-corrected chi connectivity index (χ2v) is 8.81. The third-order valence-electron chi connectivity index (χ3n) is 6.05. The molecule has 0 saturated carbocycles. The summed E-state index contributed by atoms with van der Waals surface area (Å²) in [5.74, 6) is 0.0188. The predicted octanol–water partition coefficient (Wildman–Crippen LogP) is 5.88. The number of hydrogen-bond acceptors (Lipinski definition) is 6. The first-order valence-electron chi connectivity index (χ1n) is 11.9. The fourth-order valence-electron chi connectivity index (χ4n) is 4.19. The van der Waals surface area contributed by atoms with E-state index in [9.17, 15) is 14.0 Å². The van der Waals surface area contributed by atoms with E-state index in [1.54, 1.807) is 29.0 Å². The molecule has 0 amide bonds. The molecule has 1 N–H and O–H groups in total. The molecule has 0 unspecified atom stereocenters. The fourth-order valence-corrected chi connectivity index (χ4v) is 4.19. The molecule has 2 aromatic heterocycles. The maximum Gasteiger partial charge on any atom is 0.203 e. The van der Waals surface area contributed by atoms with Gasteiger partial charge >= 0.3 is 0 Å². The molecule has 0 aliphatic carbocycles. The average molecular weight is 519 g/mol. The third-order valence-corrected chi connectivity index (χ3v) is 6.05. The molecule has 4 rings (SSSR count). The summed E-state index contributed by atoms with van der Waals surface area (Å²) in [5, 5.41) is 13.7. The van der Waals surface area contributed by atoms with Crippen LogP contribution < -0.4 is 19.5 Å². The quantitative estimate of drug-likeness (QED) is 0.298. The van der Waals surface area contributed by atoms with Gasteiger partial charge < -0.3 is 24.1 Å². The molecular formula is C29H28F2N4O3. The first kappa shape index (κ1) is 26.6. The van der Waals surface area contributed by atoms with Crippen LogP contribution in [-0.4, -0.2) is 36.9 Å². The van der Waals surface area contributed by atoms with Crippen LogP contribution in [0.1, 0.15) is 25.1 Å². The number of rotatable bonds is 9. The average Bonchev–Trinajstić information content (AvgIpc) is 3.38. The van der Waals surface area contributed by atoms with Gasteiger partial charge in [-0.2, -0.15) is 5.26 Å². The van der Waals surface area contributed by atoms with E-state index >= 15 is 0 Å². The number of pyridine rings is 1. The summed E-state index contributed by atoms with van der Waals surface area (Å²) >= 11 is 0. The van der Waals surface area contributed by atoms with Crippen molar-refractivity contribution in [1.82, 2.24) is 14.9 Å². The molecule has 0 spiro atoms. The first-order valence-corrected chi connectivity index (χ1v) is 11.9. The second kappa shape index (κ2) is 11.3. The topological polar surface area (TPSA) is 81.3 Å². The molecule has 0 saturated heterocycles. The van der Waals surface area contributed by atoms with Gasteiger partial charge in [0.2, 0.25) is 5.75 Å². The van der Waals surface area contributed by atoms with Gasteiger partial charge in [0.15, 0.2) is 17.3 Å². The van der Waals surface area contributed by atoms with Crippen molar-refractivity contribution in [2.75, 3.05) is 21.3 Å². The van der Waals surface area contributed by atoms with E-state index in [4.69, 9.17) is 19.2 Å². The number of ether oxygens (including phenoxy) is 3. The first-order chi connectivity index (χ1) is 18.3. The molecule has 0 aliphatic heterocycles. The summed E-state index contributed by atoms with van der Waals surface area (Å²) in [6.07, 6.45) is 1.80. The molecule has 38 heavy (non-hydrogen) atoms. The van der Waals surface area contributed by atoms with E-state index in [0.717, 1.165) is 11.8 Å². The summed E-state index contributed by atoms with van der Waals surface area (Å²) in [6.45, 7) is 4.59. The third kappa shape index (κ3) is 5.17. The molecule has 2 aromatic carbocycles. The Hall–Kier alpha value is -4.42. The summed E-state index contributed by atoms with van der Waals surface area (Å²) in [7, 11) is 4.49.